The number of nitriles is 2. The van der Waals surface area contributed by atoms with Crippen molar-refractivity contribution in [1.82, 2.24) is 0 Å². The maximum absolute atomic E-state index is 9.34. The Morgan fingerprint density at radius 3 is 2.05 bits per heavy atom. The van der Waals surface area contributed by atoms with Crippen molar-refractivity contribution in [2.24, 2.45) is 5.92 Å². The minimum Gasteiger partial charge on any atom is -0.310 e. The highest BCUT2D eigenvalue weighted by atomic mass is 32.2. The van der Waals surface area contributed by atoms with Crippen LogP contribution in [0, 0.1) is 35.5 Å². The third kappa shape index (κ3) is 4.02. The van der Waals surface area contributed by atoms with Crippen molar-refractivity contribution >= 4 is 28.8 Å². The monoisotopic (exact) mass is 589 g/mol. The van der Waals surface area contributed by atoms with Crippen LogP contribution in [-0.4, -0.2) is 0 Å². The second kappa shape index (κ2) is 9.75. The van der Waals surface area contributed by atoms with Crippen molar-refractivity contribution < 1.29 is 0 Å². The molecule has 1 heterocycles. The minimum absolute atomic E-state index is 0.0838. The molecule has 0 saturated carbocycles. The lowest BCUT2D eigenvalue weighted by Gasteiger charge is -2.31. The Labute approximate surface area is 265 Å². The van der Waals surface area contributed by atoms with E-state index in [4.69, 9.17) is 0 Å². The molecule has 4 aromatic carbocycles. The number of aryl methyl sites for hydroxylation is 1. The molecule has 1 aliphatic heterocycles. The molecule has 0 fully saturated rings. The molecule has 0 bridgehead atoms. The quantitative estimate of drug-likeness (QED) is 0.222. The van der Waals surface area contributed by atoms with Crippen LogP contribution in [0.4, 0.5) is 17.1 Å². The molecule has 4 aromatic rings. The number of fused-ring (bicyclic) bond motifs is 6. The summed E-state index contributed by atoms with van der Waals surface area (Å²) in [5.74, 6) is 0.238. The zero-order chi connectivity index (χ0) is 31.0. The number of nitrogens with zero attached hydrogens (tertiary/aromatic N) is 3. The summed E-state index contributed by atoms with van der Waals surface area (Å²) in [5.41, 5.74) is 12.6. The summed E-state index contributed by atoms with van der Waals surface area (Å²) < 4.78 is -0.169. The molecule has 0 N–H and O–H groups in total. The molecule has 7 rings (SSSR count). The van der Waals surface area contributed by atoms with Crippen molar-refractivity contribution in [1.29, 1.82) is 10.5 Å². The van der Waals surface area contributed by atoms with E-state index in [0.29, 0.717) is 0 Å². The van der Waals surface area contributed by atoms with E-state index in [1.54, 1.807) is 17.8 Å². The molecular formula is C40H35N3S. The van der Waals surface area contributed by atoms with E-state index in [1.807, 2.05) is 12.1 Å². The van der Waals surface area contributed by atoms with Crippen molar-refractivity contribution in [2.75, 3.05) is 4.90 Å². The van der Waals surface area contributed by atoms with Crippen LogP contribution in [0.15, 0.2) is 108 Å². The lowest BCUT2D eigenvalue weighted by Crippen LogP contribution is -2.29. The summed E-state index contributed by atoms with van der Waals surface area (Å²) in [6, 6.07) is 35.6. The highest BCUT2D eigenvalue weighted by Gasteiger charge is 2.56. The molecule has 4 heteroatoms. The van der Waals surface area contributed by atoms with Gasteiger partial charge in [-0.1, -0.05) is 87.9 Å². The lowest BCUT2D eigenvalue weighted by molar-refractivity contribution is 0.365. The first-order valence-corrected chi connectivity index (χ1v) is 16.0. The first-order valence-electron chi connectivity index (χ1n) is 15.2. The molecule has 0 aromatic heterocycles. The third-order valence-electron chi connectivity index (χ3n) is 10.2. The lowest BCUT2D eigenvalue weighted by atomic mass is 9.76. The summed E-state index contributed by atoms with van der Waals surface area (Å²) in [6.07, 6.45) is 4.02. The van der Waals surface area contributed by atoms with Gasteiger partial charge in [0.05, 0.1) is 4.75 Å². The second-order valence-corrected chi connectivity index (χ2v) is 15.1. The summed E-state index contributed by atoms with van der Waals surface area (Å²) in [7, 11) is 0. The molecule has 44 heavy (non-hydrogen) atoms. The Kier molecular flexibility index (Phi) is 6.26. The number of hydrogen-bond donors (Lipinski definition) is 0. The van der Waals surface area contributed by atoms with Crippen LogP contribution in [0.25, 0.3) is 11.1 Å². The van der Waals surface area contributed by atoms with E-state index >= 15 is 0 Å². The molecule has 0 radical (unpaired) electrons. The highest BCUT2D eigenvalue weighted by molar-refractivity contribution is 8.04. The maximum atomic E-state index is 9.34. The average molecular weight is 590 g/mol. The van der Waals surface area contributed by atoms with Crippen LogP contribution in [0.2, 0.25) is 0 Å². The fourth-order valence-corrected chi connectivity index (χ4v) is 9.52. The van der Waals surface area contributed by atoms with Gasteiger partial charge in [-0.2, -0.15) is 10.5 Å². The Hall–Kier alpha value is -4.51. The van der Waals surface area contributed by atoms with Crippen LogP contribution in [-0.2, 0) is 15.6 Å². The van der Waals surface area contributed by atoms with Crippen molar-refractivity contribution in [3.63, 3.8) is 0 Å². The second-order valence-electron chi connectivity index (χ2n) is 13.6. The van der Waals surface area contributed by atoms with Crippen LogP contribution in [0.3, 0.4) is 0 Å². The van der Waals surface area contributed by atoms with Gasteiger partial charge >= 0.3 is 0 Å². The molecule has 0 saturated heterocycles. The molecular weight excluding hydrogens is 555 g/mol. The van der Waals surface area contributed by atoms with Gasteiger partial charge in [0.2, 0.25) is 0 Å². The van der Waals surface area contributed by atoms with Gasteiger partial charge < -0.3 is 4.90 Å². The number of thioether (sulfide) groups is 1. The Morgan fingerprint density at radius 1 is 0.727 bits per heavy atom. The van der Waals surface area contributed by atoms with E-state index in [-0.39, 0.29) is 27.1 Å². The van der Waals surface area contributed by atoms with Gasteiger partial charge in [0.1, 0.15) is 17.7 Å². The van der Waals surface area contributed by atoms with Gasteiger partial charge in [-0.3, -0.25) is 0 Å². The number of benzene rings is 4. The number of rotatable bonds is 4. The van der Waals surface area contributed by atoms with Gasteiger partial charge in [0.15, 0.2) is 0 Å². The Morgan fingerprint density at radius 2 is 1.34 bits per heavy atom. The third-order valence-corrected chi connectivity index (χ3v) is 11.6. The average Bonchev–Trinajstić information content (AvgIpc) is 3.54. The summed E-state index contributed by atoms with van der Waals surface area (Å²) in [5, 5.41) is 18.7. The molecule has 3 aliphatic rings. The summed E-state index contributed by atoms with van der Waals surface area (Å²) >= 11 is 1.77. The van der Waals surface area contributed by atoms with E-state index in [1.165, 1.54) is 38.9 Å². The Balaban J connectivity index is 1.36. The molecule has 0 amide bonds. The van der Waals surface area contributed by atoms with E-state index in [0.717, 1.165) is 22.0 Å². The molecule has 216 valence electrons. The molecule has 2 aliphatic carbocycles. The molecule has 0 spiro atoms. The fourth-order valence-electron chi connectivity index (χ4n) is 7.87. The van der Waals surface area contributed by atoms with E-state index in [2.05, 4.69) is 137 Å². The van der Waals surface area contributed by atoms with Gasteiger partial charge in [-0.25, -0.2) is 0 Å². The summed E-state index contributed by atoms with van der Waals surface area (Å²) in [4.78, 5) is 3.40. The molecule has 3 nitrogen and oxygen atoms in total. The van der Waals surface area contributed by atoms with E-state index < -0.39 is 0 Å². The zero-order valence-electron chi connectivity index (χ0n) is 26.1. The minimum atomic E-state index is -0.169. The van der Waals surface area contributed by atoms with Gasteiger partial charge in [0.25, 0.3) is 0 Å². The summed E-state index contributed by atoms with van der Waals surface area (Å²) in [6.45, 7) is 13.8. The largest absolute Gasteiger partial charge is 0.310 e. The van der Waals surface area contributed by atoms with Crippen LogP contribution < -0.4 is 4.90 Å². The SMILES string of the molecule is Cc1ccc(N(c2ccc3c(c2)C(C)(C)c2ccccc2-3)c2ccc3c(c2)C(C)(C)C2C=C(C=C(C#N)C#N)SC32C)cc1. The van der Waals surface area contributed by atoms with Crippen molar-refractivity contribution in [2.45, 2.75) is 57.1 Å². The molecule has 2 atom stereocenters. The topological polar surface area (TPSA) is 50.8 Å². The van der Waals surface area contributed by atoms with Crippen LogP contribution >= 0.6 is 11.8 Å². The zero-order valence-corrected chi connectivity index (χ0v) is 26.9. The first-order chi connectivity index (χ1) is 21.0. The predicted molar refractivity (Wildman–Crippen MR) is 182 cm³/mol. The normalized spacial score (nSPS) is 21.2. The van der Waals surface area contributed by atoms with Crippen molar-refractivity contribution in [3.05, 3.63) is 135 Å². The van der Waals surface area contributed by atoms with Gasteiger partial charge in [0, 0.05) is 33.3 Å². The van der Waals surface area contributed by atoms with Crippen molar-refractivity contribution in [3.8, 4) is 23.3 Å². The van der Waals surface area contributed by atoms with Gasteiger partial charge in [-0.15, -0.1) is 11.8 Å². The standard InChI is InChI=1S/C40H35N3S/c1-25-11-13-27(14-12-25)43(28-15-17-32-31-9-7-8-10-33(31)38(2,3)35(32)20-28)29-16-18-34-36(21-29)39(4,5)37-22-30(44-40(34,37)6)19-26(23-41)24-42/h7-22,37H,1-6H3. The molecule has 2 unspecified atom stereocenters. The maximum Gasteiger partial charge on any atom is 0.130 e. The number of hydrogen-bond acceptors (Lipinski definition) is 4. The fraction of sp³-hybridized carbons (Fsp3) is 0.250. The van der Waals surface area contributed by atoms with Gasteiger partial charge in [-0.05, 0) is 95.1 Å². The number of allylic oxidation sites excluding steroid dienone is 3. The first kappa shape index (κ1) is 28.3. The number of anilines is 3. The van der Waals surface area contributed by atoms with Crippen LogP contribution in [0.1, 0.15) is 62.4 Å². The van der Waals surface area contributed by atoms with Crippen LogP contribution in [0.5, 0.6) is 0 Å². The Bertz CT molecular complexity index is 1980. The predicted octanol–water partition coefficient (Wildman–Crippen LogP) is 10.5. The smallest absolute Gasteiger partial charge is 0.130 e. The highest BCUT2D eigenvalue weighted by Crippen LogP contribution is 2.66. The van der Waals surface area contributed by atoms with E-state index in [9.17, 15) is 10.5 Å².